The van der Waals surface area contributed by atoms with Crippen molar-refractivity contribution in [3.8, 4) is 5.75 Å². The van der Waals surface area contributed by atoms with Gasteiger partial charge >= 0.3 is 0 Å². The van der Waals surface area contributed by atoms with E-state index in [0.717, 1.165) is 12.8 Å². The second-order valence-electron chi connectivity index (χ2n) is 3.96. The normalized spacial score (nSPS) is 12.9. The van der Waals surface area contributed by atoms with Crippen molar-refractivity contribution >= 4 is 0 Å². The lowest BCUT2D eigenvalue weighted by atomic mass is 10.0. The Morgan fingerprint density at radius 3 is 2.41 bits per heavy atom. The maximum Gasteiger partial charge on any atom is 0.247 e. The molecule has 96 valence electrons. The van der Waals surface area contributed by atoms with Gasteiger partial charge in [-0.2, -0.15) is 0 Å². The molecule has 0 aliphatic heterocycles. The largest absolute Gasteiger partial charge is 0.508 e. The molecule has 17 heavy (non-hydrogen) atoms. The maximum atomic E-state index is 12.9. The van der Waals surface area contributed by atoms with Crippen molar-refractivity contribution in [1.82, 2.24) is 0 Å². The van der Waals surface area contributed by atoms with Crippen LogP contribution in [0.15, 0.2) is 24.3 Å². The van der Waals surface area contributed by atoms with Crippen molar-refractivity contribution in [3.05, 3.63) is 29.8 Å². The van der Waals surface area contributed by atoms with Gasteiger partial charge < -0.3 is 9.84 Å². The molecular weight excluding hydrogens is 226 g/mol. The van der Waals surface area contributed by atoms with E-state index < -0.39 is 12.3 Å². The van der Waals surface area contributed by atoms with Crippen LogP contribution in [0, 0.1) is 0 Å². The number of halogens is 2. The highest BCUT2D eigenvalue weighted by atomic mass is 19.3. The Balaban J connectivity index is 2.56. The van der Waals surface area contributed by atoms with Gasteiger partial charge in [-0.05, 0) is 24.1 Å². The number of hydrogen-bond donors (Lipinski definition) is 1. The third-order valence-electron chi connectivity index (χ3n) is 2.57. The number of unbranched alkanes of at least 4 members (excludes halogenated alkanes) is 1. The number of rotatable bonds is 7. The summed E-state index contributed by atoms with van der Waals surface area (Å²) in [4.78, 5) is 0. The Hall–Kier alpha value is -1.16. The summed E-state index contributed by atoms with van der Waals surface area (Å²) in [5, 5.41) is 9.10. The fourth-order valence-electron chi connectivity index (χ4n) is 1.49. The smallest absolute Gasteiger partial charge is 0.247 e. The van der Waals surface area contributed by atoms with Crippen LogP contribution in [0.1, 0.15) is 31.2 Å². The van der Waals surface area contributed by atoms with Crippen molar-refractivity contribution in [2.24, 2.45) is 0 Å². The van der Waals surface area contributed by atoms with E-state index in [9.17, 15) is 8.78 Å². The topological polar surface area (TPSA) is 29.5 Å². The molecule has 0 radical (unpaired) electrons. The summed E-state index contributed by atoms with van der Waals surface area (Å²) in [5.41, 5.74) is 0.495. The summed E-state index contributed by atoms with van der Waals surface area (Å²) in [5.74, 6) is -0.846. The van der Waals surface area contributed by atoms with Gasteiger partial charge in [-0.15, -0.1) is 0 Å². The predicted octanol–water partition coefficient (Wildman–Crippen LogP) is 3.56. The fourth-order valence-corrected chi connectivity index (χ4v) is 1.49. The van der Waals surface area contributed by atoms with E-state index >= 15 is 0 Å². The Bertz CT molecular complexity index is 312. The van der Waals surface area contributed by atoms with E-state index in [1.54, 1.807) is 0 Å². The molecular formula is C13H18F2O2. The van der Waals surface area contributed by atoms with Crippen molar-refractivity contribution in [3.63, 3.8) is 0 Å². The molecule has 1 N–H and O–H groups in total. The van der Waals surface area contributed by atoms with E-state index in [4.69, 9.17) is 9.84 Å². The molecule has 0 fully saturated rings. The Morgan fingerprint density at radius 2 is 1.88 bits per heavy atom. The molecule has 0 saturated heterocycles. The van der Waals surface area contributed by atoms with Gasteiger partial charge in [0.1, 0.15) is 5.75 Å². The lowest BCUT2D eigenvalue weighted by molar-refractivity contribution is 0.0426. The third kappa shape index (κ3) is 4.69. The fraction of sp³-hybridized carbons (Fsp3) is 0.538. The SMILES string of the molecule is CCCCOC[C@@H](c1ccc(O)cc1)C(F)F. The summed E-state index contributed by atoms with van der Waals surface area (Å²) in [6.07, 6.45) is -0.592. The number of phenols is 1. The van der Waals surface area contributed by atoms with E-state index in [-0.39, 0.29) is 12.4 Å². The average molecular weight is 244 g/mol. The highest BCUT2D eigenvalue weighted by Gasteiger charge is 2.22. The molecule has 0 unspecified atom stereocenters. The summed E-state index contributed by atoms with van der Waals surface area (Å²) in [6.45, 7) is 2.55. The van der Waals surface area contributed by atoms with Gasteiger partial charge in [-0.3, -0.25) is 0 Å². The first-order chi connectivity index (χ1) is 8.15. The van der Waals surface area contributed by atoms with Crippen LogP contribution < -0.4 is 0 Å². The molecule has 0 heterocycles. The van der Waals surface area contributed by atoms with Crippen LogP contribution in [0.5, 0.6) is 5.75 Å². The summed E-state index contributed by atoms with van der Waals surface area (Å²) in [6, 6.07) is 5.85. The maximum absolute atomic E-state index is 12.9. The van der Waals surface area contributed by atoms with Crippen molar-refractivity contribution in [1.29, 1.82) is 0 Å². The Kier molecular flexibility index (Phi) is 5.91. The standard InChI is InChI=1S/C13H18F2O2/c1-2-3-8-17-9-12(13(14)15)10-4-6-11(16)7-5-10/h4-7,12-13,16H,2-3,8-9H2,1H3/t12-/m0/s1. The second-order valence-corrected chi connectivity index (χ2v) is 3.96. The van der Waals surface area contributed by atoms with Crippen molar-refractivity contribution in [2.45, 2.75) is 32.1 Å². The van der Waals surface area contributed by atoms with Gasteiger partial charge in [-0.1, -0.05) is 25.5 Å². The second kappa shape index (κ2) is 7.22. The summed E-state index contributed by atoms with van der Waals surface area (Å²) in [7, 11) is 0. The molecule has 0 bridgehead atoms. The quantitative estimate of drug-likeness (QED) is 0.743. The van der Waals surface area contributed by atoms with Crippen LogP contribution in [-0.4, -0.2) is 24.7 Å². The Morgan fingerprint density at radius 1 is 1.24 bits per heavy atom. The van der Waals surface area contributed by atoms with Gasteiger partial charge in [0.25, 0.3) is 0 Å². The minimum Gasteiger partial charge on any atom is -0.508 e. The van der Waals surface area contributed by atoms with Crippen molar-refractivity contribution in [2.75, 3.05) is 13.2 Å². The summed E-state index contributed by atoms with van der Waals surface area (Å²) >= 11 is 0. The van der Waals surface area contributed by atoms with Gasteiger partial charge in [0, 0.05) is 6.61 Å². The molecule has 0 aliphatic carbocycles. The number of benzene rings is 1. The zero-order chi connectivity index (χ0) is 12.7. The van der Waals surface area contributed by atoms with Gasteiger partial charge in [0.2, 0.25) is 6.43 Å². The van der Waals surface area contributed by atoms with Crippen LogP contribution in [0.3, 0.4) is 0 Å². The van der Waals surface area contributed by atoms with E-state index in [1.165, 1.54) is 24.3 Å². The molecule has 4 heteroatoms. The zero-order valence-electron chi connectivity index (χ0n) is 9.90. The molecule has 0 spiro atoms. The average Bonchev–Trinajstić information content (AvgIpc) is 2.30. The van der Waals surface area contributed by atoms with Crippen LogP contribution in [0.25, 0.3) is 0 Å². The predicted molar refractivity (Wildman–Crippen MR) is 62.6 cm³/mol. The zero-order valence-corrected chi connectivity index (χ0v) is 9.90. The first-order valence-corrected chi connectivity index (χ1v) is 5.80. The highest BCUT2D eigenvalue weighted by molar-refractivity contribution is 5.28. The molecule has 1 aromatic rings. The highest BCUT2D eigenvalue weighted by Crippen LogP contribution is 2.25. The lowest BCUT2D eigenvalue weighted by Gasteiger charge is -2.16. The van der Waals surface area contributed by atoms with Crippen LogP contribution >= 0.6 is 0 Å². The minimum absolute atomic E-state index is 0.0163. The number of ether oxygens (including phenoxy) is 1. The molecule has 0 aliphatic rings. The molecule has 2 nitrogen and oxygen atoms in total. The van der Waals surface area contributed by atoms with Gasteiger partial charge in [0.05, 0.1) is 12.5 Å². The van der Waals surface area contributed by atoms with Crippen molar-refractivity contribution < 1.29 is 18.6 Å². The van der Waals surface area contributed by atoms with Crippen LogP contribution in [0.4, 0.5) is 8.78 Å². The molecule has 1 atom stereocenters. The van der Waals surface area contributed by atoms with E-state index in [0.29, 0.717) is 12.2 Å². The molecule has 0 amide bonds. The molecule has 0 aromatic heterocycles. The number of alkyl halides is 2. The first-order valence-electron chi connectivity index (χ1n) is 5.80. The Labute approximate surface area is 100 Å². The lowest BCUT2D eigenvalue weighted by Crippen LogP contribution is -2.16. The van der Waals surface area contributed by atoms with E-state index in [2.05, 4.69) is 0 Å². The number of aromatic hydroxyl groups is 1. The van der Waals surface area contributed by atoms with E-state index in [1.807, 2.05) is 6.92 Å². The van der Waals surface area contributed by atoms with Crippen LogP contribution in [-0.2, 0) is 4.74 Å². The molecule has 1 aromatic carbocycles. The number of hydrogen-bond acceptors (Lipinski definition) is 2. The monoisotopic (exact) mass is 244 g/mol. The molecule has 0 saturated carbocycles. The van der Waals surface area contributed by atoms with Gasteiger partial charge in [-0.25, -0.2) is 8.78 Å². The summed E-state index contributed by atoms with van der Waals surface area (Å²) < 4.78 is 30.9. The third-order valence-corrected chi connectivity index (χ3v) is 2.57. The number of phenolic OH excluding ortho intramolecular Hbond substituents is 1. The minimum atomic E-state index is -2.46. The van der Waals surface area contributed by atoms with Gasteiger partial charge in [0.15, 0.2) is 0 Å². The molecule has 1 rings (SSSR count). The van der Waals surface area contributed by atoms with Crippen LogP contribution in [0.2, 0.25) is 0 Å². The first kappa shape index (κ1) is 13.9.